The highest BCUT2D eigenvalue weighted by molar-refractivity contribution is 14.1. The fourth-order valence-electron chi connectivity index (χ4n) is 4.58. The Hall–Kier alpha value is -0.280. The molecule has 7 atom stereocenters. The molecule has 0 radical (unpaired) electrons. The Balaban J connectivity index is 1.87. The predicted octanol–water partition coefficient (Wildman–Crippen LogP) is 3.73. The van der Waals surface area contributed by atoms with E-state index in [1.165, 1.54) is 0 Å². The molecule has 0 bridgehead atoms. The molecule has 0 spiro atoms. The topological polar surface area (TPSA) is 87.0 Å². The molecule has 1 aliphatic heterocycles. The number of hydrogen-bond acceptors (Lipinski definition) is 5. The van der Waals surface area contributed by atoms with Crippen molar-refractivity contribution >= 4 is 28.4 Å². The smallest absolute Gasteiger partial charge is 0.158 e. The molecule has 0 amide bonds. The van der Waals surface area contributed by atoms with Crippen molar-refractivity contribution in [1.29, 1.82) is 0 Å². The van der Waals surface area contributed by atoms with Gasteiger partial charge in [-0.1, -0.05) is 60.6 Å². The van der Waals surface area contributed by atoms with E-state index in [-0.39, 0.29) is 30.5 Å². The zero-order chi connectivity index (χ0) is 21.4. The second kappa shape index (κ2) is 11.9. The molecular formula is C23H37IO5. The Kier molecular flexibility index (Phi) is 10.3. The number of ketones is 1. The zero-order valence-corrected chi connectivity index (χ0v) is 19.7. The number of aliphatic hydroxyl groups excluding tert-OH is 2. The van der Waals surface area contributed by atoms with Gasteiger partial charge in [0, 0.05) is 22.7 Å². The van der Waals surface area contributed by atoms with Crippen LogP contribution in [0.2, 0.25) is 0 Å². The van der Waals surface area contributed by atoms with Crippen molar-refractivity contribution in [3.8, 4) is 0 Å². The van der Waals surface area contributed by atoms with Gasteiger partial charge >= 0.3 is 0 Å². The molecule has 1 heterocycles. The summed E-state index contributed by atoms with van der Waals surface area (Å²) < 4.78 is 6.58. The summed E-state index contributed by atoms with van der Waals surface area (Å²) >= 11 is 2.41. The minimum absolute atomic E-state index is 0.0600. The first-order chi connectivity index (χ1) is 13.8. The van der Waals surface area contributed by atoms with E-state index in [0.717, 1.165) is 32.1 Å². The van der Waals surface area contributed by atoms with Gasteiger partial charge in [0.25, 0.3) is 0 Å². The first-order valence-corrected chi connectivity index (χ1v) is 12.2. The van der Waals surface area contributed by atoms with E-state index >= 15 is 0 Å². The Labute approximate surface area is 188 Å². The SMILES string of the molecule is C=CC(O)(C/C=C/[C@@H]1[C@H]2CC(C(I)CCCC(=O)CO)O[C@H]2C[C@H]1O)CCCC. The third-order valence-corrected chi connectivity index (χ3v) is 7.86. The van der Waals surface area contributed by atoms with Gasteiger partial charge in [-0.15, -0.1) is 6.58 Å². The van der Waals surface area contributed by atoms with Crippen molar-refractivity contribution in [2.45, 2.75) is 92.5 Å². The van der Waals surface area contributed by atoms with E-state index < -0.39 is 11.7 Å². The van der Waals surface area contributed by atoms with Gasteiger partial charge in [-0.3, -0.25) is 4.79 Å². The lowest BCUT2D eigenvalue weighted by Gasteiger charge is -2.23. The van der Waals surface area contributed by atoms with Crippen LogP contribution in [0, 0.1) is 11.8 Å². The molecule has 0 aromatic heterocycles. The van der Waals surface area contributed by atoms with Crippen molar-refractivity contribution in [2.24, 2.45) is 11.8 Å². The van der Waals surface area contributed by atoms with E-state index in [4.69, 9.17) is 9.84 Å². The summed E-state index contributed by atoms with van der Waals surface area (Å²) in [5.41, 5.74) is -0.872. The van der Waals surface area contributed by atoms with Gasteiger partial charge < -0.3 is 20.1 Å². The molecule has 166 valence electrons. The molecule has 2 fully saturated rings. The van der Waals surface area contributed by atoms with E-state index in [0.29, 0.717) is 35.5 Å². The van der Waals surface area contributed by atoms with Crippen LogP contribution in [0.25, 0.3) is 0 Å². The highest BCUT2D eigenvalue weighted by Crippen LogP contribution is 2.46. The van der Waals surface area contributed by atoms with Crippen molar-refractivity contribution in [3.05, 3.63) is 24.8 Å². The number of rotatable bonds is 13. The number of carbonyl (C=O) groups excluding carboxylic acids is 1. The second-order valence-corrected chi connectivity index (χ2v) is 10.2. The summed E-state index contributed by atoms with van der Waals surface area (Å²) in [6.45, 7) is 5.52. The lowest BCUT2D eigenvalue weighted by atomic mass is 9.87. The minimum Gasteiger partial charge on any atom is -0.392 e. The molecule has 1 aliphatic carbocycles. The third-order valence-electron chi connectivity index (χ3n) is 6.43. The molecule has 1 saturated heterocycles. The van der Waals surface area contributed by atoms with Gasteiger partial charge in [0.1, 0.15) is 6.61 Å². The molecule has 1 saturated carbocycles. The van der Waals surface area contributed by atoms with Gasteiger partial charge in [0.2, 0.25) is 0 Å². The maximum atomic E-state index is 11.3. The van der Waals surface area contributed by atoms with Crippen molar-refractivity contribution in [1.82, 2.24) is 0 Å². The molecule has 29 heavy (non-hydrogen) atoms. The number of carbonyl (C=O) groups is 1. The summed E-state index contributed by atoms with van der Waals surface area (Å²) in [4.78, 5) is 11.3. The summed E-state index contributed by atoms with van der Waals surface area (Å²) in [5, 5.41) is 30.0. The Morgan fingerprint density at radius 2 is 2.14 bits per heavy atom. The number of hydrogen-bond donors (Lipinski definition) is 3. The quantitative estimate of drug-likeness (QED) is 0.196. The number of Topliss-reactive ketones (excluding diaryl/α,β-unsaturated/α-hetero) is 1. The van der Waals surface area contributed by atoms with E-state index in [1.54, 1.807) is 6.08 Å². The standard InChI is InChI=1S/C23H37IO5/c1-3-5-11-23(28,4-2)12-7-9-17-18-13-22(29-21(18)14-20(17)27)19(24)10-6-8-16(26)15-25/h4,7,9,17-22,25,27-28H,2-3,5-6,8,10-15H2,1H3/b9-7+/t17-,18-,19?,20-,21+,22?,23?/m1/s1. The number of aliphatic hydroxyl groups is 3. The van der Waals surface area contributed by atoms with Crippen molar-refractivity contribution < 1.29 is 24.9 Å². The molecule has 2 rings (SSSR count). The summed E-state index contributed by atoms with van der Waals surface area (Å²) in [6, 6.07) is 0. The van der Waals surface area contributed by atoms with Gasteiger partial charge in [-0.05, 0) is 38.0 Å². The van der Waals surface area contributed by atoms with Gasteiger partial charge in [0.05, 0.1) is 23.9 Å². The number of halogens is 1. The summed E-state index contributed by atoms with van der Waals surface area (Å²) in [6.07, 6.45) is 12.4. The average Bonchev–Trinajstić information content (AvgIpc) is 3.24. The van der Waals surface area contributed by atoms with Crippen LogP contribution in [-0.4, -0.2) is 55.5 Å². The molecule has 0 aromatic rings. The van der Waals surface area contributed by atoms with Crippen molar-refractivity contribution in [2.75, 3.05) is 6.61 Å². The van der Waals surface area contributed by atoms with E-state index in [9.17, 15) is 15.0 Å². The molecule has 5 nitrogen and oxygen atoms in total. The lowest BCUT2D eigenvalue weighted by molar-refractivity contribution is -0.121. The third kappa shape index (κ3) is 7.13. The average molecular weight is 520 g/mol. The van der Waals surface area contributed by atoms with Crippen LogP contribution in [0.3, 0.4) is 0 Å². The second-order valence-electron chi connectivity index (χ2n) is 8.64. The fourth-order valence-corrected chi connectivity index (χ4v) is 5.48. The van der Waals surface area contributed by atoms with Gasteiger partial charge in [-0.25, -0.2) is 0 Å². The normalized spacial score (nSPS) is 32.2. The maximum absolute atomic E-state index is 11.3. The van der Waals surface area contributed by atoms with Crippen LogP contribution in [0.5, 0.6) is 0 Å². The minimum atomic E-state index is -0.872. The first-order valence-electron chi connectivity index (χ1n) is 11.0. The number of unbranched alkanes of at least 4 members (excludes halogenated alkanes) is 1. The highest BCUT2D eigenvalue weighted by Gasteiger charge is 2.49. The number of fused-ring (bicyclic) bond motifs is 1. The lowest BCUT2D eigenvalue weighted by Crippen LogP contribution is -2.25. The molecule has 3 N–H and O–H groups in total. The summed E-state index contributed by atoms with van der Waals surface area (Å²) in [7, 11) is 0. The zero-order valence-electron chi connectivity index (χ0n) is 17.5. The highest BCUT2D eigenvalue weighted by atomic mass is 127. The maximum Gasteiger partial charge on any atom is 0.158 e. The predicted molar refractivity (Wildman–Crippen MR) is 123 cm³/mol. The Bertz CT molecular complexity index is 565. The van der Waals surface area contributed by atoms with Crippen LogP contribution >= 0.6 is 22.6 Å². The fraction of sp³-hybridized carbons (Fsp3) is 0.783. The van der Waals surface area contributed by atoms with Crippen LogP contribution in [0.15, 0.2) is 24.8 Å². The molecule has 0 aromatic carbocycles. The number of alkyl halides is 1. The molecule has 3 unspecified atom stereocenters. The first kappa shape index (κ1) is 25.0. The van der Waals surface area contributed by atoms with E-state index in [2.05, 4.69) is 42.2 Å². The van der Waals surface area contributed by atoms with Crippen LogP contribution in [0.1, 0.15) is 64.7 Å². The molecule has 2 aliphatic rings. The van der Waals surface area contributed by atoms with Crippen LogP contribution in [0.4, 0.5) is 0 Å². The van der Waals surface area contributed by atoms with Gasteiger partial charge in [0.15, 0.2) is 5.78 Å². The van der Waals surface area contributed by atoms with Crippen LogP contribution in [-0.2, 0) is 9.53 Å². The molecular weight excluding hydrogens is 483 g/mol. The summed E-state index contributed by atoms with van der Waals surface area (Å²) in [5.74, 6) is 0.254. The Morgan fingerprint density at radius 1 is 1.38 bits per heavy atom. The molecule has 6 heteroatoms. The monoisotopic (exact) mass is 520 g/mol. The van der Waals surface area contributed by atoms with E-state index in [1.807, 2.05) is 6.08 Å². The number of ether oxygens (including phenoxy) is 1. The van der Waals surface area contributed by atoms with Crippen molar-refractivity contribution in [3.63, 3.8) is 0 Å². The Morgan fingerprint density at radius 3 is 2.79 bits per heavy atom. The largest absolute Gasteiger partial charge is 0.392 e. The van der Waals surface area contributed by atoms with Crippen LogP contribution < -0.4 is 0 Å². The van der Waals surface area contributed by atoms with Gasteiger partial charge in [-0.2, -0.15) is 0 Å².